The summed E-state index contributed by atoms with van der Waals surface area (Å²) in [5.74, 6) is 3.80. The summed E-state index contributed by atoms with van der Waals surface area (Å²) in [4.78, 5) is 4.29. The Balaban J connectivity index is 1.92. The molecule has 0 amide bonds. The average Bonchev–Trinajstić information content (AvgIpc) is 2.91. The number of nitrogens with two attached hydrogens (primary N) is 1. The summed E-state index contributed by atoms with van der Waals surface area (Å²) in [6.45, 7) is 0.460. The van der Waals surface area contributed by atoms with Gasteiger partial charge in [0.2, 0.25) is 0 Å². The van der Waals surface area contributed by atoms with Gasteiger partial charge in [-0.1, -0.05) is 18.2 Å². The minimum atomic E-state index is -0.886. The lowest BCUT2D eigenvalue weighted by molar-refractivity contribution is 0.468. The number of fused-ring (bicyclic) bond motifs is 1. The Labute approximate surface area is 120 Å². The van der Waals surface area contributed by atoms with Gasteiger partial charge in [-0.15, -0.1) is 0 Å². The maximum absolute atomic E-state index is 13.3. The van der Waals surface area contributed by atoms with Crippen LogP contribution in [0.1, 0.15) is 11.6 Å². The summed E-state index contributed by atoms with van der Waals surface area (Å²) in [5, 5.41) is 0. The van der Waals surface area contributed by atoms with Gasteiger partial charge < -0.3 is 4.57 Å². The van der Waals surface area contributed by atoms with Crippen molar-refractivity contribution in [2.24, 2.45) is 5.84 Å². The molecule has 1 heterocycles. The van der Waals surface area contributed by atoms with Crippen LogP contribution in [0.25, 0.3) is 11.0 Å². The van der Waals surface area contributed by atoms with Gasteiger partial charge in [0.1, 0.15) is 0 Å². The fourth-order valence-corrected chi connectivity index (χ4v) is 2.34. The molecule has 108 valence electrons. The highest BCUT2D eigenvalue weighted by atomic mass is 19.2. The molecule has 0 bridgehead atoms. The van der Waals surface area contributed by atoms with E-state index < -0.39 is 11.6 Å². The van der Waals surface area contributed by atoms with Gasteiger partial charge >= 0.3 is 0 Å². The number of nitrogens with one attached hydrogen (secondary N) is 1. The third-order valence-corrected chi connectivity index (χ3v) is 3.45. The monoisotopic (exact) mass is 288 g/mol. The van der Waals surface area contributed by atoms with Crippen molar-refractivity contribution < 1.29 is 8.78 Å². The fourth-order valence-electron chi connectivity index (χ4n) is 2.34. The van der Waals surface area contributed by atoms with Crippen molar-refractivity contribution in [2.45, 2.75) is 12.6 Å². The van der Waals surface area contributed by atoms with Gasteiger partial charge in [0.25, 0.3) is 0 Å². The molecule has 0 spiro atoms. The fraction of sp³-hybridized carbons (Fsp3) is 0.133. The first-order chi connectivity index (χ1) is 10.2. The van der Waals surface area contributed by atoms with Crippen LogP contribution in [-0.2, 0) is 6.54 Å². The standard InChI is InChI=1S/C15H14F2N4/c16-11-6-5-10(7-12(11)17)14(20-18)8-21-9-19-13-3-1-2-4-15(13)21/h1-7,9,14,20H,8,18H2. The summed E-state index contributed by atoms with van der Waals surface area (Å²) in [5.41, 5.74) is 5.04. The van der Waals surface area contributed by atoms with Crippen LogP contribution in [0.5, 0.6) is 0 Å². The van der Waals surface area contributed by atoms with Crippen molar-refractivity contribution in [2.75, 3.05) is 0 Å². The number of benzene rings is 2. The molecule has 0 aliphatic carbocycles. The van der Waals surface area contributed by atoms with Gasteiger partial charge in [-0.3, -0.25) is 11.3 Å². The highest BCUT2D eigenvalue weighted by Gasteiger charge is 2.14. The van der Waals surface area contributed by atoms with Gasteiger partial charge in [0, 0.05) is 6.54 Å². The summed E-state index contributed by atoms with van der Waals surface area (Å²) in [7, 11) is 0. The number of rotatable bonds is 4. The molecule has 3 rings (SSSR count). The minimum Gasteiger partial charge on any atom is -0.329 e. The number of para-hydroxylation sites is 2. The number of nitrogens with zero attached hydrogens (tertiary/aromatic N) is 2. The van der Waals surface area contributed by atoms with Crippen LogP contribution >= 0.6 is 0 Å². The molecule has 1 aromatic heterocycles. The Hall–Kier alpha value is -2.31. The number of hydrogen-bond acceptors (Lipinski definition) is 3. The van der Waals surface area contributed by atoms with E-state index in [1.54, 1.807) is 6.33 Å². The van der Waals surface area contributed by atoms with Crippen molar-refractivity contribution in [3.8, 4) is 0 Å². The van der Waals surface area contributed by atoms with Crippen molar-refractivity contribution in [3.05, 3.63) is 66.0 Å². The second-order valence-corrected chi connectivity index (χ2v) is 4.78. The van der Waals surface area contributed by atoms with Crippen LogP contribution in [0, 0.1) is 11.6 Å². The Bertz CT molecular complexity index is 769. The van der Waals surface area contributed by atoms with E-state index in [0.29, 0.717) is 12.1 Å². The van der Waals surface area contributed by atoms with Crippen LogP contribution in [0.15, 0.2) is 48.8 Å². The van der Waals surface area contributed by atoms with Crippen LogP contribution in [0.3, 0.4) is 0 Å². The molecule has 2 aromatic carbocycles. The van der Waals surface area contributed by atoms with E-state index in [9.17, 15) is 8.78 Å². The van der Waals surface area contributed by atoms with Gasteiger partial charge in [-0.2, -0.15) is 0 Å². The highest BCUT2D eigenvalue weighted by Crippen LogP contribution is 2.20. The Morgan fingerprint density at radius 2 is 1.95 bits per heavy atom. The molecule has 0 aliphatic heterocycles. The molecule has 4 nitrogen and oxygen atoms in total. The maximum atomic E-state index is 13.3. The first-order valence-corrected chi connectivity index (χ1v) is 6.50. The third kappa shape index (κ3) is 2.63. The average molecular weight is 288 g/mol. The number of hydrogen-bond donors (Lipinski definition) is 2. The van der Waals surface area contributed by atoms with E-state index >= 15 is 0 Å². The van der Waals surface area contributed by atoms with Crippen LogP contribution in [-0.4, -0.2) is 9.55 Å². The van der Waals surface area contributed by atoms with Gasteiger partial charge in [0.05, 0.1) is 23.4 Å². The second kappa shape index (κ2) is 5.59. The van der Waals surface area contributed by atoms with Crippen LogP contribution < -0.4 is 11.3 Å². The van der Waals surface area contributed by atoms with Crippen molar-refractivity contribution in [1.29, 1.82) is 0 Å². The molecule has 3 N–H and O–H groups in total. The molecule has 3 aromatic rings. The largest absolute Gasteiger partial charge is 0.329 e. The third-order valence-electron chi connectivity index (χ3n) is 3.45. The Kier molecular flexibility index (Phi) is 3.64. The number of hydrazine groups is 1. The molecule has 0 saturated carbocycles. The molecule has 1 unspecified atom stereocenters. The second-order valence-electron chi connectivity index (χ2n) is 4.78. The lowest BCUT2D eigenvalue weighted by Crippen LogP contribution is -2.31. The predicted molar refractivity (Wildman–Crippen MR) is 76.2 cm³/mol. The summed E-state index contributed by atoms with van der Waals surface area (Å²) >= 11 is 0. The zero-order chi connectivity index (χ0) is 14.8. The van der Waals surface area contributed by atoms with Crippen molar-refractivity contribution >= 4 is 11.0 Å². The topological polar surface area (TPSA) is 55.9 Å². The van der Waals surface area contributed by atoms with Gasteiger partial charge in [0.15, 0.2) is 11.6 Å². The maximum Gasteiger partial charge on any atom is 0.159 e. The lowest BCUT2D eigenvalue weighted by atomic mass is 10.1. The lowest BCUT2D eigenvalue weighted by Gasteiger charge is -2.17. The van der Waals surface area contributed by atoms with E-state index in [1.165, 1.54) is 6.07 Å². The zero-order valence-electron chi connectivity index (χ0n) is 11.1. The Morgan fingerprint density at radius 3 is 2.71 bits per heavy atom. The number of aromatic nitrogens is 2. The van der Waals surface area contributed by atoms with Gasteiger partial charge in [-0.25, -0.2) is 13.8 Å². The van der Waals surface area contributed by atoms with Crippen LogP contribution in [0.4, 0.5) is 8.78 Å². The molecule has 1 atom stereocenters. The zero-order valence-corrected chi connectivity index (χ0v) is 11.1. The molecule has 0 radical (unpaired) electrons. The molecular formula is C15H14F2N4. The molecule has 0 aliphatic rings. The van der Waals surface area contributed by atoms with Crippen molar-refractivity contribution in [3.63, 3.8) is 0 Å². The Morgan fingerprint density at radius 1 is 1.14 bits per heavy atom. The SMILES string of the molecule is NNC(Cn1cnc2ccccc21)c1ccc(F)c(F)c1. The molecule has 21 heavy (non-hydrogen) atoms. The summed E-state index contributed by atoms with van der Waals surface area (Å²) in [6.07, 6.45) is 1.70. The number of halogens is 2. The van der Waals surface area contributed by atoms with E-state index in [1.807, 2.05) is 28.8 Å². The van der Waals surface area contributed by atoms with Gasteiger partial charge in [-0.05, 0) is 29.8 Å². The normalized spacial score (nSPS) is 12.7. The quantitative estimate of drug-likeness (QED) is 0.573. The van der Waals surface area contributed by atoms with E-state index in [0.717, 1.165) is 23.2 Å². The van der Waals surface area contributed by atoms with Crippen LogP contribution in [0.2, 0.25) is 0 Å². The van der Waals surface area contributed by atoms with E-state index in [4.69, 9.17) is 5.84 Å². The molecule has 0 saturated heterocycles. The summed E-state index contributed by atoms with van der Waals surface area (Å²) < 4.78 is 28.3. The van der Waals surface area contributed by atoms with Crippen molar-refractivity contribution in [1.82, 2.24) is 15.0 Å². The smallest absolute Gasteiger partial charge is 0.159 e. The van der Waals surface area contributed by atoms with E-state index in [2.05, 4.69) is 10.4 Å². The predicted octanol–water partition coefficient (Wildman–Crippen LogP) is 2.52. The highest BCUT2D eigenvalue weighted by molar-refractivity contribution is 5.74. The number of imidazole rings is 1. The molecular weight excluding hydrogens is 274 g/mol. The first-order valence-electron chi connectivity index (χ1n) is 6.50. The van der Waals surface area contributed by atoms with E-state index in [-0.39, 0.29) is 6.04 Å². The minimum absolute atomic E-state index is 0.349. The first kappa shape index (κ1) is 13.7. The molecule has 6 heteroatoms. The molecule has 0 fully saturated rings. The summed E-state index contributed by atoms with van der Waals surface area (Å²) in [6, 6.07) is 11.1.